The molecule has 0 spiro atoms. The minimum absolute atomic E-state index is 0.164. The maximum atomic E-state index is 13.1. The Kier molecular flexibility index (Phi) is 5.07. The Morgan fingerprint density at radius 1 is 1.26 bits per heavy atom. The summed E-state index contributed by atoms with van der Waals surface area (Å²) in [5.74, 6) is 0. The Morgan fingerprint density at radius 2 is 1.93 bits per heavy atom. The smallest absolute Gasteiger partial charge is 0.341 e. The minimum atomic E-state index is -1.06. The van der Waals surface area contributed by atoms with E-state index in [2.05, 4.69) is 26.3 Å². The molecule has 2 amide bonds. The van der Waals surface area contributed by atoms with E-state index in [1.54, 1.807) is 5.01 Å². The third kappa shape index (κ3) is 3.32. The lowest BCUT2D eigenvalue weighted by atomic mass is 9.83. The maximum Gasteiger partial charge on any atom is 0.341 e. The molecular weight excluding hydrogens is 455 g/mol. The zero-order valence-corrected chi connectivity index (χ0v) is 17.3. The molecule has 1 aromatic heterocycles. The van der Waals surface area contributed by atoms with Crippen molar-refractivity contribution in [3.05, 3.63) is 56.7 Å². The van der Waals surface area contributed by atoms with E-state index in [1.807, 2.05) is 24.3 Å². The Morgan fingerprint density at radius 3 is 2.59 bits per heavy atom. The van der Waals surface area contributed by atoms with E-state index in [4.69, 9.17) is 23.2 Å². The number of amides is 2. The van der Waals surface area contributed by atoms with Crippen LogP contribution in [0.15, 0.2) is 40.9 Å². The van der Waals surface area contributed by atoms with Crippen LogP contribution in [0.25, 0.3) is 0 Å². The van der Waals surface area contributed by atoms with Crippen LogP contribution in [0.3, 0.4) is 0 Å². The number of pyridine rings is 1. The number of anilines is 1. The van der Waals surface area contributed by atoms with Crippen LogP contribution in [-0.2, 0) is 6.42 Å². The average Bonchev–Trinajstić information content (AvgIpc) is 2.84. The summed E-state index contributed by atoms with van der Waals surface area (Å²) in [6.07, 6.45) is 0.981. The largest absolute Gasteiger partial charge is 0.371 e. The quantitative estimate of drug-likeness (QED) is 0.664. The van der Waals surface area contributed by atoms with Gasteiger partial charge in [0.2, 0.25) is 0 Å². The highest BCUT2D eigenvalue weighted by molar-refractivity contribution is 9.10. The Hall–Kier alpha value is -1.38. The lowest BCUT2D eigenvalue weighted by Gasteiger charge is -2.42. The molecule has 2 aliphatic rings. The minimum Gasteiger partial charge on any atom is -0.371 e. The van der Waals surface area contributed by atoms with Crippen molar-refractivity contribution in [2.24, 2.45) is 0 Å². The summed E-state index contributed by atoms with van der Waals surface area (Å²) in [6, 6.07) is 10.6. The molecule has 0 bridgehead atoms. The van der Waals surface area contributed by atoms with E-state index in [9.17, 15) is 9.90 Å². The second-order valence-corrected chi connectivity index (χ2v) is 8.44. The number of aromatic nitrogens is 1. The highest BCUT2D eigenvalue weighted by Gasteiger charge is 2.58. The fourth-order valence-corrected chi connectivity index (χ4v) is 4.58. The zero-order chi connectivity index (χ0) is 19.2. The van der Waals surface area contributed by atoms with Gasteiger partial charge in [0.1, 0.15) is 15.8 Å². The molecule has 2 aliphatic heterocycles. The van der Waals surface area contributed by atoms with E-state index in [1.165, 1.54) is 17.0 Å². The molecule has 27 heavy (non-hydrogen) atoms. The third-order valence-electron chi connectivity index (χ3n) is 5.07. The van der Waals surface area contributed by atoms with Gasteiger partial charge in [-0.15, -0.1) is 0 Å². The monoisotopic (exact) mass is 470 g/mol. The molecule has 2 atom stereocenters. The number of rotatable bonds is 3. The molecule has 2 unspecified atom stereocenters. The summed E-state index contributed by atoms with van der Waals surface area (Å²) in [4.78, 5) is 18.4. The zero-order valence-electron chi connectivity index (χ0n) is 14.2. The summed E-state index contributed by atoms with van der Waals surface area (Å²) >= 11 is 15.4. The van der Waals surface area contributed by atoms with Crippen LogP contribution in [0.4, 0.5) is 10.5 Å². The summed E-state index contributed by atoms with van der Waals surface area (Å²) in [5, 5.41) is 13.2. The van der Waals surface area contributed by atoms with Gasteiger partial charge in [0.15, 0.2) is 6.23 Å². The molecule has 2 N–H and O–H groups in total. The number of urea groups is 1. The van der Waals surface area contributed by atoms with Crippen LogP contribution in [0.1, 0.15) is 18.4 Å². The molecule has 2 saturated heterocycles. The first kappa shape index (κ1) is 19.0. The number of hydrogen-bond acceptors (Lipinski definition) is 4. The van der Waals surface area contributed by atoms with E-state index < -0.39 is 11.8 Å². The van der Waals surface area contributed by atoms with Gasteiger partial charge in [-0.3, -0.25) is 4.90 Å². The van der Waals surface area contributed by atoms with Crippen molar-refractivity contribution in [2.45, 2.75) is 31.0 Å². The molecule has 9 heteroatoms. The standard InChI is InChI=1S/C18H17BrCl2N4O2/c19-12-4-2-11(3-5-12)10-18-6-1-7-22-25(18)17(27)24(16(18)26)13-8-14(20)23-15(21)9-13/h2-5,8-9,16,22,26H,1,6-7,10H2. The second-order valence-electron chi connectivity index (χ2n) is 6.75. The number of benzene rings is 1. The number of nitrogens with one attached hydrogen (secondary N) is 1. The van der Waals surface area contributed by atoms with Crippen molar-refractivity contribution in [3.63, 3.8) is 0 Å². The van der Waals surface area contributed by atoms with Crippen LogP contribution in [-0.4, -0.2) is 39.4 Å². The summed E-state index contributed by atoms with van der Waals surface area (Å²) in [5.41, 5.74) is 3.82. The van der Waals surface area contributed by atoms with Gasteiger partial charge in [-0.25, -0.2) is 20.2 Å². The number of hydrazine groups is 1. The number of fused-ring (bicyclic) bond motifs is 1. The van der Waals surface area contributed by atoms with Crippen LogP contribution < -0.4 is 10.3 Å². The van der Waals surface area contributed by atoms with E-state index in [-0.39, 0.29) is 16.3 Å². The van der Waals surface area contributed by atoms with Crippen molar-refractivity contribution >= 4 is 50.9 Å². The van der Waals surface area contributed by atoms with Gasteiger partial charge >= 0.3 is 6.03 Å². The molecule has 6 nitrogen and oxygen atoms in total. The third-order valence-corrected chi connectivity index (χ3v) is 5.99. The van der Waals surface area contributed by atoms with Gasteiger partial charge in [0, 0.05) is 17.4 Å². The number of hydrogen-bond donors (Lipinski definition) is 2. The molecule has 142 valence electrons. The first-order chi connectivity index (χ1) is 12.9. The topological polar surface area (TPSA) is 68.7 Å². The number of aliphatic hydroxyl groups excluding tert-OH is 1. The molecule has 2 aromatic rings. The predicted octanol–water partition coefficient (Wildman–Crippen LogP) is 3.99. The van der Waals surface area contributed by atoms with Crippen molar-refractivity contribution in [1.82, 2.24) is 15.4 Å². The van der Waals surface area contributed by atoms with Gasteiger partial charge in [0.25, 0.3) is 0 Å². The van der Waals surface area contributed by atoms with E-state index >= 15 is 0 Å². The number of aliphatic hydroxyl groups is 1. The van der Waals surface area contributed by atoms with Crippen molar-refractivity contribution in [3.8, 4) is 0 Å². The second kappa shape index (κ2) is 7.22. The average molecular weight is 472 g/mol. The first-order valence-corrected chi connectivity index (χ1v) is 10.1. The Labute approximate surface area is 175 Å². The highest BCUT2D eigenvalue weighted by atomic mass is 79.9. The molecule has 0 radical (unpaired) electrons. The summed E-state index contributed by atoms with van der Waals surface area (Å²) < 4.78 is 0.980. The van der Waals surface area contributed by atoms with Crippen molar-refractivity contribution in [2.75, 3.05) is 11.4 Å². The lowest BCUT2D eigenvalue weighted by Crippen LogP contribution is -2.61. The Balaban J connectivity index is 1.75. The van der Waals surface area contributed by atoms with Gasteiger partial charge in [0.05, 0.1) is 5.69 Å². The molecule has 2 fully saturated rings. The van der Waals surface area contributed by atoms with Gasteiger partial charge in [-0.2, -0.15) is 0 Å². The van der Waals surface area contributed by atoms with Crippen molar-refractivity contribution in [1.29, 1.82) is 0 Å². The number of carbonyl (C=O) groups is 1. The van der Waals surface area contributed by atoms with Gasteiger partial charge in [-0.1, -0.05) is 51.3 Å². The van der Waals surface area contributed by atoms with E-state index in [0.717, 1.165) is 16.5 Å². The molecule has 3 heterocycles. The van der Waals surface area contributed by atoms with Crippen LogP contribution in [0, 0.1) is 0 Å². The maximum absolute atomic E-state index is 13.1. The van der Waals surface area contributed by atoms with Crippen LogP contribution in [0.2, 0.25) is 10.3 Å². The van der Waals surface area contributed by atoms with Gasteiger partial charge in [-0.05, 0) is 42.7 Å². The SMILES string of the molecule is O=C1N(c2cc(Cl)nc(Cl)c2)C(O)C2(Cc3ccc(Br)cc3)CCCNN12. The van der Waals surface area contributed by atoms with Crippen molar-refractivity contribution < 1.29 is 9.90 Å². The first-order valence-electron chi connectivity index (χ1n) is 8.53. The highest BCUT2D eigenvalue weighted by Crippen LogP contribution is 2.42. The van der Waals surface area contributed by atoms with Crippen LogP contribution in [0.5, 0.6) is 0 Å². The van der Waals surface area contributed by atoms with Crippen LogP contribution >= 0.6 is 39.1 Å². The number of carbonyl (C=O) groups excluding carboxylic acids is 1. The molecule has 0 saturated carbocycles. The van der Waals surface area contributed by atoms with E-state index in [0.29, 0.717) is 25.1 Å². The normalized spacial score (nSPS) is 25.0. The number of nitrogens with zero attached hydrogens (tertiary/aromatic N) is 3. The fraction of sp³-hybridized carbons (Fsp3) is 0.333. The molecule has 0 aliphatic carbocycles. The lowest BCUT2D eigenvalue weighted by molar-refractivity contribution is -0.0157. The fourth-order valence-electron chi connectivity index (χ4n) is 3.87. The molecule has 1 aromatic carbocycles. The predicted molar refractivity (Wildman–Crippen MR) is 108 cm³/mol. The van der Waals surface area contributed by atoms with Gasteiger partial charge < -0.3 is 5.11 Å². The summed E-state index contributed by atoms with van der Waals surface area (Å²) in [6.45, 7) is 0.673. The molecule has 4 rings (SSSR count). The number of halogens is 3. The molecular formula is C18H17BrCl2N4O2. The summed E-state index contributed by atoms with van der Waals surface area (Å²) in [7, 11) is 0. The Bertz CT molecular complexity index is 862.